The van der Waals surface area contributed by atoms with E-state index in [-0.39, 0.29) is 17.6 Å². The van der Waals surface area contributed by atoms with Crippen LogP contribution < -0.4 is 15.4 Å². The van der Waals surface area contributed by atoms with Crippen LogP contribution in [0.15, 0.2) is 65.3 Å². The Morgan fingerprint density at radius 3 is 2.41 bits per heavy atom. The summed E-state index contributed by atoms with van der Waals surface area (Å²) in [6.07, 6.45) is 2.40. The van der Waals surface area contributed by atoms with Crippen LogP contribution in [0.5, 0.6) is 5.75 Å². The van der Waals surface area contributed by atoms with E-state index in [4.69, 9.17) is 9.15 Å². The zero-order valence-electron chi connectivity index (χ0n) is 18.3. The minimum Gasteiger partial charge on any atom is -0.497 e. The molecule has 2 N–H and O–H groups in total. The lowest BCUT2D eigenvalue weighted by molar-refractivity contribution is 0.0995. The van der Waals surface area contributed by atoms with E-state index in [1.54, 1.807) is 43.5 Å². The molecule has 7 nitrogen and oxygen atoms in total. The summed E-state index contributed by atoms with van der Waals surface area (Å²) >= 11 is 0. The normalized spacial score (nSPS) is 10.8. The van der Waals surface area contributed by atoms with Crippen molar-refractivity contribution in [3.8, 4) is 5.75 Å². The van der Waals surface area contributed by atoms with Crippen molar-refractivity contribution in [3.63, 3.8) is 0 Å². The van der Waals surface area contributed by atoms with Gasteiger partial charge < -0.3 is 24.4 Å². The quantitative estimate of drug-likeness (QED) is 0.407. The largest absolute Gasteiger partial charge is 0.497 e. The predicted octanol–water partition coefficient (Wildman–Crippen LogP) is 5.47. The van der Waals surface area contributed by atoms with Gasteiger partial charge in [0, 0.05) is 34.5 Å². The van der Waals surface area contributed by atoms with E-state index in [0.717, 1.165) is 29.6 Å². The minimum atomic E-state index is -0.357. The van der Waals surface area contributed by atoms with Gasteiger partial charge in [0.1, 0.15) is 5.75 Å². The molecular weight excluding hydrogens is 406 g/mol. The molecule has 7 heteroatoms. The van der Waals surface area contributed by atoms with Crippen LogP contribution in [-0.4, -0.2) is 23.5 Å². The van der Waals surface area contributed by atoms with Crippen molar-refractivity contribution in [2.75, 3.05) is 17.7 Å². The molecule has 0 aliphatic carbocycles. The monoisotopic (exact) mass is 431 g/mol. The van der Waals surface area contributed by atoms with E-state index in [1.807, 2.05) is 25.1 Å². The molecule has 2 amide bonds. The average molecular weight is 431 g/mol. The van der Waals surface area contributed by atoms with Crippen LogP contribution in [0.1, 0.15) is 40.0 Å². The summed E-state index contributed by atoms with van der Waals surface area (Å²) in [6, 6.07) is 16.0. The smallest absolute Gasteiger partial charge is 0.291 e. The summed E-state index contributed by atoms with van der Waals surface area (Å²) in [5.74, 6) is 0.338. The zero-order valence-corrected chi connectivity index (χ0v) is 18.3. The lowest BCUT2D eigenvalue weighted by Gasteiger charge is -2.09. The topological polar surface area (TPSA) is 85.5 Å². The highest BCUT2D eigenvalue weighted by atomic mass is 16.5. The van der Waals surface area contributed by atoms with Crippen LogP contribution in [0, 0.1) is 6.92 Å². The first kappa shape index (κ1) is 21.2. The third-order valence-electron chi connectivity index (χ3n) is 5.33. The number of aromatic nitrogens is 1. The van der Waals surface area contributed by atoms with Crippen molar-refractivity contribution in [1.82, 2.24) is 4.57 Å². The third-order valence-corrected chi connectivity index (χ3v) is 5.33. The fourth-order valence-corrected chi connectivity index (χ4v) is 3.86. The Balaban J connectivity index is 1.63. The summed E-state index contributed by atoms with van der Waals surface area (Å²) in [6.45, 7) is 4.88. The van der Waals surface area contributed by atoms with Crippen LogP contribution in [0.3, 0.4) is 0 Å². The molecule has 164 valence electrons. The molecule has 4 aromatic rings. The highest BCUT2D eigenvalue weighted by Gasteiger charge is 2.21. The van der Waals surface area contributed by atoms with Crippen LogP contribution in [0.2, 0.25) is 0 Å². The van der Waals surface area contributed by atoms with Gasteiger partial charge in [0.2, 0.25) is 0 Å². The van der Waals surface area contributed by atoms with Gasteiger partial charge in [-0.05, 0) is 61.9 Å². The molecule has 0 unspecified atom stereocenters. The van der Waals surface area contributed by atoms with Gasteiger partial charge in [-0.15, -0.1) is 0 Å². The summed E-state index contributed by atoms with van der Waals surface area (Å²) in [4.78, 5) is 25.6. The molecule has 0 aliphatic heterocycles. The molecular formula is C25H25N3O4. The Kier molecular flexibility index (Phi) is 5.98. The standard InChI is InChI=1S/C25H25N3O4/c1-4-12-28-16(2)23(20-15-19(31-3)10-11-21(20)28)25(30)27-18-8-5-7-17(14-18)26-24(29)22-9-6-13-32-22/h5-11,13-15H,4,12H2,1-3H3,(H,26,29)(H,27,30). The first-order valence-electron chi connectivity index (χ1n) is 10.4. The van der Waals surface area contributed by atoms with Gasteiger partial charge in [0.15, 0.2) is 5.76 Å². The number of nitrogens with one attached hydrogen (secondary N) is 2. The van der Waals surface area contributed by atoms with Gasteiger partial charge in [0.25, 0.3) is 11.8 Å². The lowest BCUT2D eigenvalue weighted by Crippen LogP contribution is -2.14. The van der Waals surface area contributed by atoms with Crippen molar-refractivity contribution in [1.29, 1.82) is 0 Å². The molecule has 0 saturated heterocycles. The third kappa shape index (κ3) is 4.09. The molecule has 0 bridgehead atoms. The molecule has 4 rings (SSSR count). The molecule has 0 saturated carbocycles. The first-order valence-corrected chi connectivity index (χ1v) is 10.4. The van der Waals surface area contributed by atoms with Gasteiger partial charge >= 0.3 is 0 Å². The predicted molar refractivity (Wildman–Crippen MR) is 125 cm³/mol. The van der Waals surface area contributed by atoms with Crippen molar-refractivity contribution in [3.05, 3.63) is 77.9 Å². The maximum atomic E-state index is 13.3. The number of hydrogen-bond acceptors (Lipinski definition) is 4. The molecule has 0 atom stereocenters. The Morgan fingerprint density at radius 1 is 1.00 bits per heavy atom. The van der Waals surface area contributed by atoms with Gasteiger partial charge in [-0.2, -0.15) is 0 Å². The van der Waals surface area contributed by atoms with Crippen molar-refractivity contribution < 1.29 is 18.7 Å². The molecule has 32 heavy (non-hydrogen) atoms. The van der Waals surface area contributed by atoms with Crippen molar-refractivity contribution in [2.45, 2.75) is 26.8 Å². The maximum absolute atomic E-state index is 13.3. The molecule has 0 aliphatic rings. The number of nitrogens with zero attached hydrogens (tertiary/aromatic N) is 1. The van der Waals surface area contributed by atoms with E-state index >= 15 is 0 Å². The van der Waals surface area contributed by atoms with E-state index in [1.165, 1.54) is 6.26 Å². The second-order valence-electron chi connectivity index (χ2n) is 7.46. The Labute approximate surface area is 186 Å². The van der Waals surface area contributed by atoms with E-state index in [0.29, 0.717) is 22.7 Å². The van der Waals surface area contributed by atoms with E-state index in [2.05, 4.69) is 22.1 Å². The zero-order chi connectivity index (χ0) is 22.7. The number of benzene rings is 2. The highest BCUT2D eigenvalue weighted by Crippen LogP contribution is 2.30. The van der Waals surface area contributed by atoms with Crippen molar-refractivity contribution >= 4 is 34.1 Å². The lowest BCUT2D eigenvalue weighted by atomic mass is 10.1. The van der Waals surface area contributed by atoms with Crippen LogP contribution >= 0.6 is 0 Å². The average Bonchev–Trinajstić information content (AvgIpc) is 3.41. The second-order valence-corrected chi connectivity index (χ2v) is 7.46. The van der Waals surface area contributed by atoms with Gasteiger partial charge in [-0.1, -0.05) is 13.0 Å². The molecule has 0 radical (unpaired) electrons. The molecule has 2 heterocycles. The van der Waals surface area contributed by atoms with E-state index in [9.17, 15) is 9.59 Å². The van der Waals surface area contributed by atoms with Crippen LogP contribution in [0.25, 0.3) is 10.9 Å². The van der Waals surface area contributed by atoms with E-state index < -0.39 is 0 Å². The SMILES string of the molecule is CCCn1c(C)c(C(=O)Nc2cccc(NC(=O)c3ccco3)c2)c2cc(OC)ccc21. The van der Waals surface area contributed by atoms with Gasteiger partial charge in [-0.25, -0.2) is 0 Å². The number of aryl methyl sites for hydroxylation is 1. The Morgan fingerprint density at radius 2 is 1.75 bits per heavy atom. The Hall–Kier alpha value is -4.00. The summed E-state index contributed by atoms with van der Waals surface area (Å²) in [7, 11) is 1.61. The number of rotatable bonds is 7. The fraction of sp³-hybridized carbons (Fsp3) is 0.200. The van der Waals surface area contributed by atoms with Crippen molar-refractivity contribution in [2.24, 2.45) is 0 Å². The summed E-state index contributed by atoms with van der Waals surface area (Å²) in [5.41, 5.74) is 3.63. The number of ether oxygens (including phenoxy) is 1. The first-order chi connectivity index (χ1) is 15.5. The van der Waals surface area contributed by atoms with Gasteiger partial charge in [0.05, 0.1) is 18.9 Å². The van der Waals surface area contributed by atoms with Crippen LogP contribution in [0.4, 0.5) is 11.4 Å². The van der Waals surface area contributed by atoms with Crippen LogP contribution in [-0.2, 0) is 6.54 Å². The molecule has 0 spiro atoms. The number of carbonyl (C=O) groups is 2. The molecule has 2 aromatic heterocycles. The Bertz CT molecular complexity index is 1270. The number of fused-ring (bicyclic) bond motifs is 1. The maximum Gasteiger partial charge on any atom is 0.291 e. The fourth-order valence-electron chi connectivity index (χ4n) is 3.86. The summed E-state index contributed by atoms with van der Waals surface area (Å²) < 4.78 is 12.7. The number of hydrogen-bond donors (Lipinski definition) is 2. The number of anilines is 2. The van der Waals surface area contributed by atoms with Gasteiger partial charge in [-0.3, -0.25) is 9.59 Å². The molecule has 0 fully saturated rings. The number of carbonyl (C=O) groups excluding carboxylic acids is 2. The number of amides is 2. The highest BCUT2D eigenvalue weighted by molar-refractivity contribution is 6.14. The molecule has 2 aromatic carbocycles. The second kappa shape index (κ2) is 9.01. The number of methoxy groups -OCH3 is 1. The number of furan rings is 1. The summed E-state index contributed by atoms with van der Waals surface area (Å²) in [5, 5.41) is 6.58. The minimum absolute atomic E-state index is 0.216.